The zero-order chi connectivity index (χ0) is 17.7. The van der Waals surface area contributed by atoms with Crippen LogP contribution in [0, 0.1) is 0 Å². The largest absolute Gasteiger partial charge is 0.507 e. The number of hydrogen-bond acceptors (Lipinski definition) is 2. The third-order valence-electron chi connectivity index (χ3n) is 5.23. The molecule has 0 atom stereocenters. The lowest BCUT2D eigenvalue weighted by Gasteiger charge is -2.27. The molecular formula is C22H32ClNO. The molecule has 25 heavy (non-hydrogen) atoms. The second-order valence-corrected chi connectivity index (χ2v) is 7.10. The van der Waals surface area contributed by atoms with Crippen LogP contribution in [0.25, 0.3) is 11.1 Å². The summed E-state index contributed by atoms with van der Waals surface area (Å²) in [6, 6.07) is 14.6. The van der Waals surface area contributed by atoms with Crippen molar-refractivity contribution < 1.29 is 5.11 Å². The number of nitrogens with zero attached hydrogens (tertiary/aromatic N) is 1. The van der Waals surface area contributed by atoms with Crippen molar-refractivity contribution in [1.29, 1.82) is 0 Å². The summed E-state index contributed by atoms with van der Waals surface area (Å²) in [4.78, 5) is 2.34. The van der Waals surface area contributed by atoms with Gasteiger partial charge in [-0.1, -0.05) is 71.0 Å². The topological polar surface area (TPSA) is 23.5 Å². The van der Waals surface area contributed by atoms with Crippen molar-refractivity contribution >= 4 is 12.4 Å². The second-order valence-electron chi connectivity index (χ2n) is 7.10. The average molecular weight is 362 g/mol. The Hall–Kier alpha value is -1.51. The number of halogens is 1. The molecule has 0 heterocycles. The third kappa shape index (κ3) is 4.99. The van der Waals surface area contributed by atoms with Crippen LogP contribution in [0.3, 0.4) is 0 Å². The van der Waals surface area contributed by atoms with Crippen LogP contribution in [0.15, 0.2) is 42.5 Å². The van der Waals surface area contributed by atoms with Crippen molar-refractivity contribution in [3.8, 4) is 16.9 Å². The monoisotopic (exact) mass is 361 g/mol. The fraction of sp³-hybridized carbons (Fsp3) is 0.455. The van der Waals surface area contributed by atoms with Gasteiger partial charge in [0.25, 0.3) is 0 Å². The van der Waals surface area contributed by atoms with Gasteiger partial charge >= 0.3 is 0 Å². The molecule has 0 aliphatic carbocycles. The van der Waals surface area contributed by atoms with Gasteiger partial charge in [0, 0.05) is 17.7 Å². The van der Waals surface area contributed by atoms with Crippen molar-refractivity contribution in [2.45, 2.75) is 53.0 Å². The van der Waals surface area contributed by atoms with Gasteiger partial charge in [0.2, 0.25) is 0 Å². The lowest BCUT2D eigenvalue weighted by Crippen LogP contribution is -2.23. The predicted molar refractivity (Wildman–Crippen MR) is 111 cm³/mol. The Morgan fingerprint density at radius 3 is 2.08 bits per heavy atom. The van der Waals surface area contributed by atoms with Gasteiger partial charge in [-0.05, 0) is 42.1 Å². The molecule has 0 saturated carbocycles. The van der Waals surface area contributed by atoms with E-state index in [9.17, 15) is 5.11 Å². The molecule has 2 aromatic carbocycles. The van der Waals surface area contributed by atoms with Crippen LogP contribution >= 0.6 is 12.4 Å². The first-order chi connectivity index (χ1) is 11.4. The van der Waals surface area contributed by atoms with Crippen molar-refractivity contribution in [2.75, 3.05) is 13.1 Å². The molecule has 0 amide bonds. The van der Waals surface area contributed by atoms with Crippen LogP contribution in [0.2, 0.25) is 0 Å². The summed E-state index contributed by atoms with van der Waals surface area (Å²) in [5.41, 5.74) is 4.43. The molecule has 0 aliphatic rings. The Balaban J connectivity index is 0.00000312. The smallest absolute Gasteiger partial charge is 0.127 e. The fourth-order valence-corrected chi connectivity index (χ4v) is 2.94. The van der Waals surface area contributed by atoms with E-state index in [0.29, 0.717) is 5.75 Å². The summed E-state index contributed by atoms with van der Waals surface area (Å²) >= 11 is 0. The quantitative estimate of drug-likeness (QED) is 0.652. The van der Waals surface area contributed by atoms with Crippen LogP contribution < -0.4 is 0 Å². The molecule has 0 spiro atoms. The highest BCUT2D eigenvalue weighted by atomic mass is 35.5. The van der Waals surface area contributed by atoms with E-state index in [1.807, 2.05) is 18.2 Å². The van der Waals surface area contributed by atoms with Gasteiger partial charge in [0.15, 0.2) is 0 Å². The maximum Gasteiger partial charge on any atom is 0.127 e. The average Bonchev–Trinajstić information content (AvgIpc) is 2.61. The summed E-state index contributed by atoms with van der Waals surface area (Å²) in [7, 11) is 0. The van der Waals surface area contributed by atoms with Crippen molar-refractivity contribution in [2.24, 2.45) is 0 Å². The van der Waals surface area contributed by atoms with Crippen LogP contribution in [0.4, 0.5) is 0 Å². The van der Waals surface area contributed by atoms with Gasteiger partial charge in [-0.25, -0.2) is 0 Å². The highest BCUT2D eigenvalue weighted by molar-refractivity contribution is 5.85. The van der Waals surface area contributed by atoms with Crippen molar-refractivity contribution in [3.63, 3.8) is 0 Å². The molecule has 0 radical (unpaired) electrons. The number of phenolic OH excluding ortho intramolecular Hbond substituents is 1. The van der Waals surface area contributed by atoms with Gasteiger partial charge in [0.05, 0.1) is 0 Å². The van der Waals surface area contributed by atoms with E-state index >= 15 is 0 Å². The molecular weight excluding hydrogens is 330 g/mol. The maximum absolute atomic E-state index is 10.9. The van der Waals surface area contributed by atoms with Gasteiger partial charge in [-0.2, -0.15) is 0 Å². The fourth-order valence-electron chi connectivity index (χ4n) is 2.94. The predicted octanol–water partition coefficient (Wildman–Crippen LogP) is 6.01. The lowest BCUT2D eigenvalue weighted by molar-refractivity contribution is 0.290. The first-order valence-electron chi connectivity index (χ1n) is 9.07. The molecule has 0 aliphatic heterocycles. The molecule has 1 N–H and O–H groups in total. The third-order valence-corrected chi connectivity index (χ3v) is 5.23. The summed E-state index contributed by atoms with van der Waals surface area (Å²) in [5, 5.41) is 10.9. The summed E-state index contributed by atoms with van der Waals surface area (Å²) in [5.74, 6) is 0.420. The summed E-state index contributed by atoms with van der Waals surface area (Å²) in [6.45, 7) is 13.9. The SMILES string of the molecule is CCN(CC)Cc1cc(C(C)(C)CC)cc(-c2ccccc2)c1O.Cl. The zero-order valence-electron chi connectivity index (χ0n) is 16.2. The van der Waals surface area contributed by atoms with Gasteiger partial charge in [0.1, 0.15) is 5.75 Å². The molecule has 2 rings (SSSR count). The van der Waals surface area contributed by atoms with Crippen molar-refractivity contribution in [1.82, 2.24) is 4.90 Å². The number of benzene rings is 2. The van der Waals surface area contributed by atoms with E-state index < -0.39 is 0 Å². The van der Waals surface area contributed by atoms with Gasteiger partial charge in [-0.3, -0.25) is 4.90 Å². The minimum atomic E-state index is 0. The first-order valence-corrected chi connectivity index (χ1v) is 9.07. The van der Waals surface area contributed by atoms with E-state index in [-0.39, 0.29) is 17.8 Å². The number of rotatable bonds is 7. The van der Waals surface area contributed by atoms with Crippen molar-refractivity contribution in [3.05, 3.63) is 53.6 Å². The first kappa shape index (κ1) is 21.5. The van der Waals surface area contributed by atoms with E-state index in [2.05, 4.69) is 63.8 Å². The Morgan fingerprint density at radius 2 is 1.56 bits per heavy atom. The Kier molecular flexibility index (Phi) is 7.98. The standard InChI is InChI=1S/C22H31NO.ClH/c1-6-22(4,5)19-14-18(16-23(7-2)8-3)21(24)20(15-19)17-12-10-9-11-13-17;/h9-15,24H,6-8,16H2,1-5H3;1H. The molecule has 2 nitrogen and oxygen atoms in total. The van der Waals surface area contributed by atoms with Crippen LogP contribution in [0.1, 0.15) is 52.2 Å². The molecule has 0 bridgehead atoms. The molecule has 2 aromatic rings. The Bertz CT molecular complexity index is 663. The lowest BCUT2D eigenvalue weighted by atomic mass is 9.80. The minimum absolute atomic E-state index is 0. The van der Waals surface area contributed by atoms with Crippen LogP contribution in [0.5, 0.6) is 5.75 Å². The highest BCUT2D eigenvalue weighted by Crippen LogP contribution is 2.38. The van der Waals surface area contributed by atoms with E-state index in [0.717, 1.165) is 42.7 Å². The van der Waals surface area contributed by atoms with Gasteiger partial charge < -0.3 is 5.11 Å². The maximum atomic E-state index is 10.9. The van der Waals surface area contributed by atoms with Gasteiger partial charge in [-0.15, -0.1) is 12.4 Å². The second kappa shape index (κ2) is 9.26. The normalized spacial score (nSPS) is 11.4. The molecule has 138 valence electrons. The summed E-state index contributed by atoms with van der Waals surface area (Å²) < 4.78 is 0. The highest BCUT2D eigenvalue weighted by Gasteiger charge is 2.22. The Labute approximate surface area is 159 Å². The molecule has 0 unspecified atom stereocenters. The number of phenols is 1. The number of hydrogen-bond donors (Lipinski definition) is 1. The minimum Gasteiger partial charge on any atom is -0.507 e. The molecule has 3 heteroatoms. The molecule has 0 saturated heterocycles. The number of aromatic hydroxyl groups is 1. The van der Waals surface area contributed by atoms with Crippen LogP contribution in [-0.4, -0.2) is 23.1 Å². The van der Waals surface area contributed by atoms with E-state index in [4.69, 9.17) is 0 Å². The molecule has 0 aromatic heterocycles. The Morgan fingerprint density at radius 1 is 0.960 bits per heavy atom. The molecule has 0 fully saturated rings. The van der Waals surface area contributed by atoms with Crippen LogP contribution in [-0.2, 0) is 12.0 Å². The zero-order valence-corrected chi connectivity index (χ0v) is 17.0. The van der Waals surface area contributed by atoms with E-state index in [1.165, 1.54) is 5.56 Å². The van der Waals surface area contributed by atoms with E-state index in [1.54, 1.807) is 0 Å². The summed E-state index contributed by atoms with van der Waals surface area (Å²) in [6.07, 6.45) is 1.07.